The van der Waals surface area contributed by atoms with E-state index in [1.54, 1.807) is 6.92 Å². The van der Waals surface area contributed by atoms with Crippen molar-refractivity contribution in [3.63, 3.8) is 0 Å². The van der Waals surface area contributed by atoms with Gasteiger partial charge >= 0.3 is 13.3 Å². The Balaban J connectivity index is 3.28. The Bertz CT molecular complexity index is 454. The van der Waals surface area contributed by atoms with Crippen molar-refractivity contribution in [2.75, 3.05) is 6.61 Å². The molecule has 0 unspecified atom stereocenters. The summed E-state index contributed by atoms with van der Waals surface area (Å²) >= 11 is 0. The SMILES string of the molecule is CCOc1ccc(P(=O)(O)O)cc1[N+](=O)[O-]. The molecule has 1 rings (SSSR count). The summed E-state index contributed by atoms with van der Waals surface area (Å²) in [6, 6.07) is 3.11. The van der Waals surface area contributed by atoms with Crippen LogP contribution in [0, 0.1) is 10.1 Å². The van der Waals surface area contributed by atoms with Gasteiger partial charge in [-0.1, -0.05) is 0 Å². The van der Waals surface area contributed by atoms with Crippen molar-refractivity contribution in [2.45, 2.75) is 6.92 Å². The molecule has 0 radical (unpaired) electrons. The molecule has 0 saturated heterocycles. The van der Waals surface area contributed by atoms with Crippen molar-refractivity contribution >= 4 is 18.6 Å². The highest BCUT2D eigenvalue weighted by Gasteiger charge is 2.23. The van der Waals surface area contributed by atoms with Crippen LogP contribution in [0.25, 0.3) is 0 Å². The Morgan fingerprint density at radius 2 is 2.12 bits per heavy atom. The maximum Gasteiger partial charge on any atom is 0.356 e. The first-order valence-corrected chi connectivity index (χ1v) is 5.95. The number of benzene rings is 1. The van der Waals surface area contributed by atoms with Crippen LogP contribution in [0.3, 0.4) is 0 Å². The minimum absolute atomic E-state index is 0.00954. The molecule has 0 atom stereocenters. The van der Waals surface area contributed by atoms with Gasteiger partial charge in [0.25, 0.3) is 0 Å². The summed E-state index contributed by atoms with van der Waals surface area (Å²) in [5, 5.41) is 10.2. The van der Waals surface area contributed by atoms with Crippen molar-refractivity contribution in [1.29, 1.82) is 0 Å². The van der Waals surface area contributed by atoms with Gasteiger partial charge in [-0.2, -0.15) is 0 Å². The summed E-state index contributed by atoms with van der Waals surface area (Å²) in [7, 11) is -4.48. The second kappa shape index (κ2) is 4.61. The highest BCUT2D eigenvalue weighted by molar-refractivity contribution is 7.60. The Morgan fingerprint density at radius 3 is 2.56 bits per heavy atom. The van der Waals surface area contributed by atoms with Crippen molar-refractivity contribution < 1.29 is 24.0 Å². The molecule has 0 aliphatic heterocycles. The van der Waals surface area contributed by atoms with Crippen LogP contribution in [0.15, 0.2) is 18.2 Å². The average Bonchev–Trinajstić information content (AvgIpc) is 2.16. The summed E-state index contributed by atoms with van der Waals surface area (Å²) < 4.78 is 15.9. The van der Waals surface area contributed by atoms with E-state index in [-0.39, 0.29) is 12.4 Å². The molecular formula is C8H10NO6P. The van der Waals surface area contributed by atoms with Crippen molar-refractivity contribution in [1.82, 2.24) is 0 Å². The molecule has 2 N–H and O–H groups in total. The van der Waals surface area contributed by atoms with Crippen LogP contribution in [0.4, 0.5) is 5.69 Å². The van der Waals surface area contributed by atoms with Crippen LogP contribution in [-0.2, 0) is 4.57 Å². The van der Waals surface area contributed by atoms with Gasteiger partial charge < -0.3 is 14.5 Å². The van der Waals surface area contributed by atoms with E-state index in [0.717, 1.165) is 12.1 Å². The van der Waals surface area contributed by atoms with Crippen LogP contribution < -0.4 is 10.0 Å². The van der Waals surface area contributed by atoms with Gasteiger partial charge in [0.1, 0.15) is 0 Å². The van der Waals surface area contributed by atoms with E-state index in [0.29, 0.717) is 0 Å². The lowest BCUT2D eigenvalue weighted by Crippen LogP contribution is -2.07. The summed E-state index contributed by atoms with van der Waals surface area (Å²) in [6.45, 7) is 1.89. The normalized spacial score (nSPS) is 11.2. The van der Waals surface area contributed by atoms with Crippen LogP contribution in [0.5, 0.6) is 5.75 Å². The zero-order valence-corrected chi connectivity index (χ0v) is 9.26. The van der Waals surface area contributed by atoms with E-state index >= 15 is 0 Å². The van der Waals surface area contributed by atoms with Gasteiger partial charge in [0, 0.05) is 6.07 Å². The summed E-state index contributed by atoms with van der Waals surface area (Å²) in [5.41, 5.74) is -0.456. The number of hydrogen-bond donors (Lipinski definition) is 2. The molecule has 0 bridgehead atoms. The van der Waals surface area contributed by atoms with Gasteiger partial charge in [-0.25, -0.2) is 0 Å². The first kappa shape index (κ1) is 12.6. The largest absolute Gasteiger partial charge is 0.487 e. The predicted molar refractivity (Wildman–Crippen MR) is 55.9 cm³/mol. The molecule has 0 saturated carbocycles. The third kappa shape index (κ3) is 2.79. The van der Waals surface area contributed by atoms with E-state index in [9.17, 15) is 14.7 Å². The summed E-state index contributed by atoms with van der Waals surface area (Å²) in [4.78, 5) is 27.6. The number of rotatable bonds is 4. The summed E-state index contributed by atoms with van der Waals surface area (Å²) in [5.74, 6) is -0.00954. The molecule has 8 heteroatoms. The third-order valence-electron chi connectivity index (χ3n) is 1.78. The molecule has 0 aliphatic carbocycles. The second-order valence-electron chi connectivity index (χ2n) is 2.89. The van der Waals surface area contributed by atoms with Crippen LogP contribution in [-0.4, -0.2) is 21.3 Å². The molecule has 0 spiro atoms. The molecule has 0 aliphatic rings. The Morgan fingerprint density at radius 1 is 1.50 bits per heavy atom. The van der Waals surface area contributed by atoms with Gasteiger partial charge in [0.05, 0.1) is 16.8 Å². The zero-order chi connectivity index (χ0) is 12.3. The molecular weight excluding hydrogens is 237 g/mol. The molecule has 0 aromatic heterocycles. The zero-order valence-electron chi connectivity index (χ0n) is 8.36. The smallest absolute Gasteiger partial charge is 0.356 e. The van der Waals surface area contributed by atoms with Crippen LogP contribution in [0.2, 0.25) is 0 Å². The molecule has 0 heterocycles. The predicted octanol–water partition coefficient (Wildman–Crippen LogP) is 0.796. The third-order valence-corrected chi connectivity index (χ3v) is 2.73. The first-order chi connectivity index (χ1) is 7.36. The Labute approximate surface area is 91.0 Å². The van der Waals surface area contributed by atoms with Crippen molar-refractivity contribution in [3.8, 4) is 5.75 Å². The fourth-order valence-corrected chi connectivity index (χ4v) is 1.67. The quantitative estimate of drug-likeness (QED) is 0.462. The van der Waals surface area contributed by atoms with Gasteiger partial charge in [-0.05, 0) is 19.1 Å². The second-order valence-corrected chi connectivity index (χ2v) is 4.49. The fourth-order valence-electron chi connectivity index (χ4n) is 1.11. The standard InChI is InChI=1S/C8H10NO6P/c1-2-15-8-4-3-6(16(12,13)14)5-7(8)9(10)11/h3-5H,2H2,1H3,(H2,12,13,14). The van der Waals surface area contributed by atoms with Gasteiger partial charge in [0.2, 0.25) is 0 Å². The molecule has 1 aromatic rings. The first-order valence-electron chi connectivity index (χ1n) is 4.33. The highest BCUT2D eigenvalue weighted by atomic mass is 31.2. The molecule has 1 aromatic carbocycles. The van der Waals surface area contributed by atoms with Crippen LogP contribution >= 0.6 is 7.60 Å². The molecule has 7 nitrogen and oxygen atoms in total. The Kier molecular flexibility index (Phi) is 3.64. The topological polar surface area (TPSA) is 110 Å². The molecule has 88 valence electrons. The molecule has 0 amide bonds. The monoisotopic (exact) mass is 247 g/mol. The minimum atomic E-state index is -4.48. The van der Waals surface area contributed by atoms with Crippen LogP contribution in [0.1, 0.15) is 6.92 Å². The lowest BCUT2D eigenvalue weighted by atomic mass is 10.3. The van der Waals surface area contributed by atoms with E-state index in [4.69, 9.17) is 14.5 Å². The Hall–Kier alpha value is -1.43. The number of nitro groups is 1. The van der Waals surface area contributed by atoms with Crippen molar-refractivity contribution in [2.24, 2.45) is 0 Å². The number of hydrogen-bond acceptors (Lipinski definition) is 4. The lowest BCUT2D eigenvalue weighted by Gasteiger charge is -2.07. The fraction of sp³-hybridized carbons (Fsp3) is 0.250. The van der Waals surface area contributed by atoms with Gasteiger partial charge in [-0.3, -0.25) is 14.7 Å². The van der Waals surface area contributed by atoms with Gasteiger partial charge in [0.15, 0.2) is 5.75 Å². The van der Waals surface area contributed by atoms with Crippen molar-refractivity contribution in [3.05, 3.63) is 28.3 Å². The summed E-state index contributed by atoms with van der Waals surface area (Å²) in [6.07, 6.45) is 0. The minimum Gasteiger partial charge on any atom is -0.487 e. The maximum atomic E-state index is 10.9. The van der Waals surface area contributed by atoms with Gasteiger partial charge in [-0.15, -0.1) is 0 Å². The lowest BCUT2D eigenvalue weighted by molar-refractivity contribution is -0.385. The number of nitro benzene ring substituents is 1. The average molecular weight is 247 g/mol. The van der Waals surface area contributed by atoms with E-state index in [1.165, 1.54) is 6.07 Å². The molecule has 0 fully saturated rings. The van der Waals surface area contributed by atoms with E-state index in [2.05, 4.69) is 0 Å². The molecule has 16 heavy (non-hydrogen) atoms. The van der Waals surface area contributed by atoms with E-state index in [1.807, 2.05) is 0 Å². The van der Waals surface area contributed by atoms with E-state index < -0.39 is 23.5 Å². The highest BCUT2D eigenvalue weighted by Crippen LogP contribution is 2.36. The number of nitrogens with zero attached hydrogens (tertiary/aromatic N) is 1. The number of ether oxygens (including phenoxy) is 1. The maximum absolute atomic E-state index is 10.9.